The van der Waals surface area contributed by atoms with Crippen molar-refractivity contribution >= 4 is 11.8 Å². The van der Waals surface area contributed by atoms with Crippen molar-refractivity contribution in [1.82, 2.24) is 9.97 Å². The predicted molar refractivity (Wildman–Crippen MR) is 52.6 cm³/mol. The highest BCUT2D eigenvalue weighted by Gasteiger charge is 2.17. The van der Waals surface area contributed by atoms with Crippen LogP contribution >= 0.6 is 11.8 Å². The monoisotopic (exact) mass is 231 g/mol. The third kappa shape index (κ3) is 3.44. The lowest BCUT2D eigenvalue weighted by molar-refractivity contribution is -0.661. The smallest absolute Gasteiger partial charge is 0.187 e. The van der Waals surface area contributed by atoms with Gasteiger partial charge in [0, 0.05) is 30.5 Å². The Labute approximate surface area is 94.5 Å². The molecule has 0 bridgehead atoms. The Bertz CT molecular complexity index is 251. The number of quaternary nitrogens is 1. The molecule has 1 fully saturated rings. The molecule has 1 saturated heterocycles. The van der Waals surface area contributed by atoms with E-state index in [2.05, 4.69) is 15.3 Å². The second kappa shape index (κ2) is 6.22. The van der Waals surface area contributed by atoms with Crippen LogP contribution in [0.2, 0.25) is 0 Å². The Morgan fingerprint density at radius 3 is 2.50 bits per heavy atom. The van der Waals surface area contributed by atoms with E-state index in [1.54, 1.807) is 0 Å². The number of piperidine rings is 1. The fraction of sp³-hybridized carbons (Fsp3) is 0.556. The van der Waals surface area contributed by atoms with Gasteiger partial charge in [0.1, 0.15) is 0 Å². The van der Waals surface area contributed by atoms with Gasteiger partial charge in [-0.15, -0.1) is 0 Å². The molecule has 1 aliphatic rings. The van der Waals surface area contributed by atoms with Crippen molar-refractivity contribution in [2.75, 3.05) is 13.1 Å². The maximum Gasteiger partial charge on any atom is 0.187 e. The van der Waals surface area contributed by atoms with E-state index in [4.69, 9.17) is 0 Å². The van der Waals surface area contributed by atoms with Crippen molar-refractivity contribution in [3.63, 3.8) is 0 Å². The van der Waals surface area contributed by atoms with Gasteiger partial charge < -0.3 is 17.7 Å². The van der Waals surface area contributed by atoms with Gasteiger partial charge in [-0.2, -0.15) is 0 Å². The molecule has 0 saturated carbocycles. The van der Waals surface area contributed by atoms with E-state index >= 15 is 0 Å². The largest absolute Gasteiger partial charge is 1.00 e. The summed E-state index contributed by atoms with van der Waals surface area (Å²) in [6.07, 6.45) is 6.18. The van der Waals surface area contributed by atoms with Crippen molar-refractivity contribution in [2.45, 2.75) is 23.2 Å². The molecule has 2 rings (SSSR count). The summed E-state index contributed by atoms with van der Waals surface area (Å²) in [5.41, 5.74) is 0. The van der Waals surface area contributed by atoms with Gasteiger partial charge in [0.25, 0.3) is 0 Å². The quantitative estimate of drug-likeness (QED) is 0.564. The molecule has 14 heavy (non-hydrogen) atoms. The van der Waals surface area contributed by atoms with E-state index < -0.39 is 0 Å². The van der Waals surface area contributed by atoms with E-state index in [0.717, 1.165) is 10.4 Å². The first-order valence-electron chi connectivity index (χ1n) is 4.70. The number of thioether (sulfide) groups is 1. The SMILES string of the molecule is [Cl-].c1cnc(SC2CC[NH2+]CC2)nc1. The Morgan fingerprint density at radius 2 is 1.86 bits per heavy atom. The predicted octanol–water partition coefficient (Wildman–Crippen LogP) is -2.70. The van der Waals surface area contributed by atoms with Gasteiger partial charge >= 0.3 is 0 Å². The molecular weight excluding hydrogens is 218 g/mol. The fourth-order valence-electron chi connectivity index (χ4n) is 1.51. The Balaban J connectivity index is 0.000000980. The van der Waals surface area contributed by atoms with Gasteiger partial charge in [-0.25, -0.2) is 9.97 Å². The first-order chi connectivity index (χ1) is 6.45. The zero-order chi connectivity index (χ0) is 8.93. The minimum atomic E-state index is 0. The van der Waals surface area contributed by atoms with Crippen LogP contribution in [0.3, 0.4) is 0 Å². The number of nitrogens with zero attached hydrogens (tertiary/aromatic N) is 2. The summed E-state index contributed by atoms with van der Waals surface area (Å²) in [6, 6.07) is 1.86. The van der Waals surface area contributed by atoms with Crippen LogP contribution in [0.15, 0.2) is 23.6 Å². The Morgan fingerprint density at radius 1 is 1.21 bits per heavy atom. The maximum absolute atomic E-state index is 4.21. The number of rotatable bonds is 2. The molecule has 0 aromatic carbocycles. The zero-order valence-electron chi connectivity index (χ0n) is 7.90. The Hall–Kier alpha value is -0.320. The van der Waals surface area contributed by atoms with E-state index in [0.29, 0.717) is 0 Å². The molecule has 0 aliphatic carbocycles. The zero-order valence-corrected chi connectivity index (χ0v) is 9.47. The second-order valence-corrected chi connectivity index (χ2v) is 4.48. The molecule has 1 aromatic rings. The molecule has 0 spiro atoms. The highest BCUT2D eigenvalue weighted by atomic mass is 35.5. The number of nitrogens with two attached hydrogens (primary N) is 1. The fourth-order valence-corrected chi connectivity index (χ4v) is 2.56. The molecule has 0 atom stereocenters. The van der Waals surface area contributed by atoms with Gasteiger partial charge in [0.2, 0.25) is 0 Å². The molecular formula is C9H14ClN3S. The van der Waals surface area contributed by atoms with Crippen molar-refractivity contribution in [3.05, 3.63) is 18.5 Å². The molecule has 1 aliphatic heterocycles. The lowest BCUT2D eigenvalue weighted by Gasteiger charge is -2.18. The number of hydrogen-bond acceptors (Lipinski definition) is 3. The molecule has 0 unspecified atom stereocenters. The van der Waals surface area contributed by atoms with Crippen LogP contribution in [0.5, 0.6) is 0 Å². The van der Waals surface area contributed by atoms with Crippen molar-refractivity contribution < 1.29 is 17.7 Å². The third-order valence-electron chi connectivity index (χ3n) is 2.20. The maximum atomic E-state index is 4.21. The molecule has 0 amide bonds. The summed E-state index contributed by atoms with van der Waals surface area (Å²) in [7, 11) is 0. The van der Waals surface area contributed by atoms with Crippen LogP contribution in [-0.4, -0.2) is 28.3 Å². The van der Waals surface area contributed by atoms with E-state index in [9.17, 15) is 0 Å². The lowest BCUT2D eigenvalue weighted by atomic mass is 10.2. The molecule has 3 nitrogen and oxygen atoms in total. The topological polar surface area (TPSA) is 42.4 Å². The van der Waals surface area contributed by atoms with Crippen LogP contribution in [-0.2, 0) is 0 Å². The lowest BCUT2D eigenvalue weighted by Crippen LogP contribution is -3.00. The van der Waals surface area contributed by atoms with Crippen LogP contribution in [0.4, 0.5) is 0 Å². The highest BCUT2D eigenvalue weighted by molar-refractivity contribution is 7.99. The number of aromatic nitrogens is 2. The van der Waals surface area contributed by atoms with E-state index in [1.165, 1.54) is 25.9 Å². The standard InChI is InChI=1S/C9H13N3S.ClH/c1-4-11-9(12-5-1)13-8-2-6-10-7-3-8;/h1,4-5,8,10H,2-3,6-7H2;1H. The summed E-state index contributed by atoms with van der Waals surface area (Å²) in [4.78, 5) is 8.43. The molecule has 1 aromatic heterocycles. The first kappa shape index (κ1) is 11.8. The molecule has 2 N–H and O–H groups in total. The molecule has 78 valence electrons. The summed E-state index contributed by atoms with van der Waals surface area (Å²) in [5, 5.41) is 4.03. The minimum absolute atomic E-state index is 0. The summed E-state index contributed by atoms with van der Waals surface area (Å²) in [6.45, 7) is 2.51. The van der Waals surface area contributed by atoms with Crippen LogP contribution in [0.1, 0.15) is 12.8 Å². The van der Waals surface area contributed by atoms with Gasteiger partial charge in [-0.1, -0.05) is 11.8 Å². The van der Waals surface area contributed by atoms with Crippen molar-refractivity contribution in [3.8, 4) is 0 Å². The third-order valence-corrected chi connectivity index (χ3v) is 3.43. The summed E-state index contributed by atoms with van der Waals surface area (Å²) in [5.74, 6) is 0. The van der Waals surface area contributed by atoms with E-state index in [-0.39, 0.29) is 12.4 Å². The molecule has 2 heterocycles. The van der Waals surface area contributed by atoms with Gasteiger partial charge in [0.15, 0.2) is 5.16 Å². The number of hydrogen-bond donors (Lipinski definition) is 1. The van der Waals surface area contributed by atoms with Crippen molar-refractivity contribution in [1.29, 1.82) is 0 Å². The van der Waals surface area contributed by atoms with Crippen LogP contribution in [0, 0.1) is 0 Å². The average Bonchev–Trinajstić information content (AvgIpc) is 2.21. The second-order valence-electron chi connectivity index (χ2n) is 3.21. The minimum Gasteiger partial charge on any atom is -1.00 e. The molecule has 5 heteroatoms. The van der Waals surface area contributed by atoms with E-state index in [1.807, 2.05) is 30.2 Å². The van der Waals surface area contributed by atoms with Crippen molar-refractivity contribution in [2.24, 2.45) is 0 Å². The summed E-state index contributed by atoms with van der Waals surface area (Å²) < 4.78 is 0. The van der Waals surface area contributed by atoms with Crippen LogP contribution < -0.4 is 17.7 Å². The Kier molecular flexibility index (Phi) is 5.22. The molecule has 0 radical (unpaired) electrons. The normalized spacial score (nSPS) is 17.4. The van der Waals surface area contributed by atoms with Gasteiger partial charge in [0.05, 0.1) is 13.1 Å². The first-order valence-corrected chi connectivity index (χ1v) is 5.58. The summed E-state index contributed by atoms with van der Waals surface area (Å²) >= 11 is 1.82. The average molecular weight is 232 g/mol. The number of halogens is 1. The van der Waals surface area contributed by atoms with Gasteiger partial charge in [-0.3, -0.25) is 0 Å². The van der Waals surface area contributed by atoms with Crippen LogP contribution in [0.25, 0.3) is 0 Å². The highest BCUT2D eigenvalue weighted by Crippen LogP contribution is 2.23. The van der Waals surface area contributed by atoms with Gasteiger partial charge in [-0.05, 0) is 6.07 Å².